The van der Waals surface area contributed by atoms with Gasteiger partial charge in [0, 0.05) is 49.1 Å². The second-order valence-corrected chi connectivity index (χ2v) is 6.67. The van der Waals surface area contributed by atoms with Crippen molar-refractivity contribution in [2.24, 2.45) is 0 Å². The second kappa shape index (κ2) is 9.67. The molecule has 2 aromatic rings. The Morgan fingerprint density at radius 1 is 1.25 bits per heavy atom. The molecule has 0 aliphatic carbocycles. The van der Waals surface area contributed by atoms with E-state index >= 15 is 0 Å². The number of carbonyl (C=O) groups excluding carboxylic acids is 1. The Kier molecular flexibility index (Phi) is 7.56. The van der Waals surface area contributed by atoms with E-state index in [-0.39, 0.29) is 24.4 Å². The minimum Gasteiger partial charge on any atom is -0.333 e. The van der Waals surface area contributed by atoms with Gasteiger partial charge in [0.2, 0.25) is 5.91 Å². The summed E-state index contributed by atoms with van der Waals surface area (Å²) >= 11 is 1.73. The average molecular weight is 364 g/mol. The Balaban J connectivity index is 0.00000208. The van der Waals surface area contributed by atoms with Gasteiger partial charge in [-0.3, -0.25) is 9.78 Å². The molecule has 1 unspecified atom stereocenters. The summed E-state index contributed by atoms with van der Waals surface area (Å²) in [7, 11) is 0. The molecule has 2 heterocycles. The predicted octanol–water partition coefficient (Wildman–Crippen LogP) is 3.16. The maximum atomic E-state index is 12.6. The SMILES string of the molecule is Cl.O=C(CCSc1ccccc1)N1CCNCC1c1cccnc1. The van der Waals surface area contributed by atoms with E-state index in [4.69, 9.17) is 0 Å². The standard InChI is InChI=1S/C18H21N3OS.ClH/c22-18(8-12-23-16-6-2-1-3-7-16)21-11-10-20-14-17(21)15-5-4-9-19-13-15;/h1-7,9,13,17,20H,8,10-12,14H2;1H. The van der Waals surface area contributed by atoms with Crippen molar-refractivity contribution in [2.75, 3.05) is 25.4 Å². The Morgan fingerprint density at radius 3 is 2.83 bits per heavy atom. The number of thioether (sulfide) groups is 1. The van der Waals surface area contributed by atoms with E-state index in [0.29, 0.717) is 6.42 Å². The first kappa shape index (κ1) is 18.8. The molecule has 0 bridgehead atoms. The normalized spacial score (nSPS) is 17.2. The van der Waals surface area contributed by atoms with Crippen LogP contribution in [0, 0.1) is 0 Å². The van der Waals surface area contributed by atoms with E-state index in [1.807, 2.05) is 41.4 Å². The molecule has 128 valence electrons. The number of piperazine rings is 1. The van der Waals surface area contributed by atoms with Crippen LogP contribution in [0.3, 0.4) is 0 Å². The number of hydrogen-bond acceptors (Lipinski definition) is 4. The molecule has 1 amide bonds. The van der Waals surface area contributed by atoms with Gasteiger partial charge in [-0.1, -0.05) is 24.3 Å². The number of rotatable bonds is 5. The highest BCUT2D eigenvalue weighted by Crippen LogP contribution is 2.24. The predicted molar refractivity (Wildman–Crippen MR) is 101 cm³/mol. The lowest BCUT2D eigenvalue weighted by molar-refractivity contribution is -0.134. The Morgan fingerprint density at radius 2 is 2.08 bits per heavy atom. The third-order valence-electron chi connectivity index (χ3n) is 3.96. The van der Waals surface area contributed by atoms with E-state index in [2.05, 4.69) is 22.4 Å². The molecule has 0 radical (unpaired) electrons. The molecule has 0 spiro atoms. The zero-order chi connectivity index (χ0) is 15.9. The van der Waals surface area contributed by atoms with Crippen LogP contribution in [0.15, 0.2) is 59.8 Å². The van der Waals surface area contributed by atoms with Gasteiger partial charge < -0.3 is 10.2 Å². The van der Waals surface area contributed by atoms with Crippen LogP contribution < -0.4 is 5.32 Å². The molecule has 24 heavy (non-hydrogen) atoms. The van der Waals surface area contributed by atoms with E-state index < -0.39 is 0 Å². The maximum Gasteiger partial charge on any atom is 0.224 e. The van der Waals surface area contributed by atoms with Gasteiger partial charge in [0.1, 0.15) is 0 Å². The van der Waals surface area contributed by atoms with Crippen LogP contribution in [0.4, 0.5) is 0 Å². The molecule has 1 saturated heterocycles. The summed E-state index contributed by atoms with van der Waals surface area (Å²) < 4.78 is 0. The van der Waals surface area contributed by atoms with E-state index in [1.165, 1.54) is 4.90 Å². The first-order valence-corrected chi connectivity index (χ1v) is 8.91. The highest BCUT2D eigenvalue weighted by Gasteiger charge is 2.27. The number of amides is 1. The largest absolute Gasteiger partial charge is 0.333 e. The van der Waals surface area contributed by atoms with Crippen LogP contribution in [0.5, 0.6) is 0 Å². The van der Waals surface area contributed by atoms with Gasteiger partial charge in [0.15, 0.2) is 0 Å². The van der Waals surface area contributed by atoms with Crippen molar-refractivity contribution in [1.29, 1.82) is 0 Å². The van der Waals surface area contributed by atoms with Crippen molar-refractivity contribution in [3.05, 3.63) is 60.4 Å². The summed E-state index contributed by atoms with van der Waals surface area (Å²) in [4.78, 5) is 20.0. The number of nitrogens with zero attached hydrogens (tertiary/aromatic N) is 2. The van der Waals surface area contributed by atoms with Crippen LogP contribution in [-0.4, -0.2) is 41.2 Å². The number of carbonyl (C=O) groups is 1. The van der Waals surface area contributed by atoms with Crippen molar-refractivity contribution in [3.8, 4) is 0 Å². The van der Waals surface area contributed by atoms with Crippen LogP contribution in [0.2, 0.25) is 0 Å². The Labute approximate surface area is 153 Å². The van der Waals surface area contributed by atoms with Crippen molar-refractivity contribution in [2.45, 2.75) is 17.4 Å². The lowest BCUT2D eigenvalue weighted by Gasteiger charge is -2.36. The number of nitrogens with one attached hydrogen (secondary N) is 1. The first-order chi connectivity index (χ1) is 11.3. The smallest absolute Gasteiger partial charge is 0.224 e. The van der Waals surface area contributed by atoms with Crippen molar-refractivity contribution >= 4 is 30.1 Å². The van der Waals surface area contributed by atoms with Crippen LogP contribution >= 0.6 is 24.2 Å². The summed E-state index contributed by atoms with van der Waals surface area (Å²) in [6, 6.07) is 14.3. The topological polar surface area (TPSA) is 45.2 Å². The summed E-state index contributed by atoms with van der Waals surface area (Å²) in [6.07, 6.45) is 4.19. The molecule has 1 aliphatic heterocycles. The lowest BCUT2D eigenvalue weighted by atomic mass is 10.1. The minimum atomic E-state index is 0. The molecular weight excluding hydrogens is 342 g/mol. The third-order valence-corrected chi connectivity index (χ3v) is 4.97. The van der Waals surface area contributed by atoms with E-state index in [1.54, 1.807) is 18.0 Å². The fraction of sp³-hybridized carbons (Fsp3) is 0.333. The number of aromatic nitrogens is 1. The number of pyridine rings is 1. The second-order valence-electron chi connectivity index (χ2n) is 5.50. The molecule has 4 nitrogen and oxygen atoms in total. The first-order valence-electron chi connectivity index (χ1n) is 7.92. The lowest BCUT2D eigenvalue weighted by Crippen LogP contribution is -2.48. The van der Waals surface area contributed by atoms with Gasteiger partial charge in [-0.05, 0) is 23.8 Å². The van der Waals surface area contributed by atoms with Crippen LogP contribution in [0.25, 0.3) is 0 Å². The molecule has 1 fully saturated rings. The number of benzene rings is 1. The van der Waals surface area contributed by atoms with Crippen molar-refractivity contribution in [1.82, 2.24) is 15.2 Å². The number of halogens is 1. The minimum absolute atomic E-state index is 0. The van der Waals surface area contributed by atoms with Gasteiger partial charge in [0.05, 0.1) is 6.04 Å². The summed E-state index contributed by atoms with van der Waals surface area (Å²) in [5, 5.41) is 3.37. The van der Waals surface area contributed by atoms with Crippen molar-refractivity contribution < 1.29 is 4.79 Å². The molecule has 6 heteroatoms. The van der Waals surface area contributed by atoms with Crippen LogP contribution in [-0.2, 0) is 4.79 Å². The van der Waals surface area contributed by atoms with E-state index in [9.17, 15) is 4.79 Å². The Hall–Kier alpha value is -1.56. The molecule has 1 aromatic heterocycles. The average Bonchev–Trinajstić information content (AvgIpc) is 2.63. The molecule has 3 rings (SSSR count). The quantitative estimate of drug-likeness (QED) is 0.829. The van der Waals surface area contributed by atoms with E-state index in [0.717, 1.165) is 31.0 Å². The van der Waals surface area contributed by atoms with Gasteiger partial charge in [0.25, 0.3) is 0 Å². The van der Waals surface area contributed by atoms with Crippen LogP contribution in [0.1, 0.15) is 18.0 Å². The Bertz CT molecular complexity index is 627. The zero-order valence-electron chi connectivity index (χ0n) is 13.4. The molecule has 0 saturated carbocycles. The molecule has 1 aromatic carbocycles. The summed E-state index contributed by atoms with van der Waals surface area (Å²) in [6.45, 7) is 2.41. The summed E-state index contributed by atoms with van der Waals surface area (Å²) in [5.41, 5.74) is 1.10. The maximum absolute atomic E-state index is 12.6. The fourth-order valence-corrected chi connectivity index (χ4v) is 3.65. The fourth-order valence-electron chi connectivity index (χ4n) is 2.79. The molecule has 1 aliphatic rings. The van der Waals surface area contributed by atoms with Crippen molar-refractivity contribution in [3.63, 3.8) is 0 Å². The highest BCUT2D eigenvalue weighted by atomic mass is 35.5. The van der Waals surface area contributed by atoms with Gasteiger partial charge in [-0.25, -0.2) is 0 Å². The zero-order valence-corrected chi connectivity index (χ0v) is 15.1. The molecule has 1 N–H and O–H groups in total. The summed E-state index contributed by atoms with van der Waals surface area (Å²) in [5.74, 6) is 1.04. The van der Waals surface area contributed by atoms with Gasteiger partial charge in [-0.15, -0.1) is 24.2 Å². The highest BCUT2D eigenvalue weighted by molar-refractivity contribution is 7.99. The number of hydrogen-bond donors (Lipinski definition) is 1. The molecule has 1 atom stereocenters. The monoisotopic (exact) mass is 363 g/mol. The molecular formula is C18H22ClN3OS. The van der Waals surface area contributed by atoms with Gasteiger partial charge >= 0.3 is 0 Å². The third kappa shape index (κ3) is 4.97. The van der Waals surface area contributed by atoms with Gasteiger partial charge in [-0.2, -0.15) is 0 Å².